The van der Waals surface area contributed by atoms with Gasteiger partial charge in [0.2, 0.25) is 0 Å². The number of rotatable bonds is 4. The highest BCUT2D eigenvalue weighted by molar-refractivity contribution is 6.30. The summed E-state index contributed by atoms with van der Waals surface area (Å²) in [6, 6.07) is 7.51. The normalized spacial score (nSPS) is 12.5. The van der Waals surface area contributed by atoms with E-state index in [1.807, 2.05) is 38.1 Å². The summed E-state index contributed by atoms with van der Waals surface area (Å²) in [7, 11) is 0. The van der Waals surface area contributed by atoms with Crippen molar-refractivity contribution in [1.29, 1.82) is 0 Å². The van der Waals surface area contributed by atoms with Gasteiger partial charge >= 0.3 is 0 Å². The first-order valence-corrected chi connectivity index (χ1v) is 7.36. The third kappa shape index (κ3) is 3.45. The van der Waals surface area contributed by atoms with Gasteiger partial charge in [-0.1, -0.05) is 37.6 Å². The number of nitrogens with one attached hydrogen (secondary N) is 2. The molecule has 0 saturated carbocycles. The Balaban J connectivity index is 2.25. The highest BCUT2D eigenvalue weighted by atomic mass is 35.5. The molecule has 5 heteroatoms. The summed E-state index contributed by atoms with van der Waals surface area (Å²) >= 11 is 5.92. The van der Waals surface area contributed by atoms with Crippen LogP contribution >= 0.6 is 11.6 Å². The molecule has 1 aromatic carbocycles. The fourth-order valence-corrected chi connectivity index (χ4v) is 2.53. The zero-order chi connectivity index (χ0) is 15.6. The molecular weight excluding hydrogens is 286 g/mol. The summed E-state index contributed by atoms with van der Waals surface area (Å²) < 4.78 is 0. The maximum atomic E-state index is 12.5. The molecule has 1 amide bonds. The van der Waals surface area contributed by atoms with Gasteiger partial charge < -0.3 is 5.32 Å². The van der Waals surface area contributed by atoms with E-state index < -0.39 is 0 Å². The molecule has 0 bridgehead atoms. The molecule has 21 heavy (non-hydrogen) atoms. The maximum Gasteiger partial charge on any atom is 0.255 e. The number of benzene rings is 1. The SMILES string of the molecule is Cc1n[nH]c(C)c1C(=O)NC(c1ccc(Cl)cc1)C(C)C. The Bertz CT molecular complexity index is 612. The Morgan fingerprint density at radius 1 is 1.24 bits per heavy atom. The second-order valence-electron chi connectivity index (χ2n) is 5.56. The van der Waals surface area contributed by atoms with Crippen molar-refractivity contribution in [2.45, 2.75) is 33.7 Å². The molecule has 2 aromatic rings. The minimum atomic E-state index is -0.104. The molecule has 4 nitrogen and oxygen atoms in total. The van der Waals surface area contributed by atoms with E-state index in [1.165, 1.54) is 0 Å². The van der Waals surface area contributed by atoms with E-state index in [0.29, 0.717) is 16.3 Å². The summed E-state index contributed by atoms with van der Waals surface area (Å²) in [6.45, 7) is 7.83. The van der Waals surface area contributed by atoms with Gasteiger partial charge in [-0.2, -0.15) is 5.10 Å². The van der Waals surface area contributed by atoms with Gasteiger partial charge in [-0.25, -0.2) is 0 Å². The topological polar surface area (TPSA) is 57.8 Å². The van der Waals surface area contributed by atoms with Crippen LogP contribution in [0.2, 0.25) is 5.02 Å². The summed E-state index contributed by atoms with van der Waals surface area (Å²) in [4.78, 5) is 12.5. The van der Waals surface area contributed by atoms with Gasteiger partial charge in [0.05, 0.1) is 17.3 Å². The van der Waals surface area contributed by atoms with Gasteiger partial charge in [-0.05, 0) is 37.5 Å². The molecule has 1 unspecified atom stereocenters. The van der Waals surface area contributed by atoms with Crippen LogP contribution in [-0.2, 0) is 0 Å². The van der Waals surface area contributed by atoms with Crippen LogP contribution in [-0.4, -0.2) is 16.1 Å². The Kier molecular flexibility index (Phi) is 4.68. The Labute approximate surface area is 129 Å². The van der Waals surface area contributed by atoms with Gasteiger partial charge in [-0.15, -0.1) is 0 Å². The number of halogens is 1. The number of aryl methyl sites for hydroxylation is 2. The highest BCUT2D eigenvalue weighted by Gasteiger charge is 2.22. The number of hydrogen-bond acceptors (Lipinski definition) is 2. The van der Waals surface area contributed by atoms with Crippen LogP contribution in [0.4, 0.5) is 0 Å². The third-order valence-electron chi connectivity index (χ3n) is 3.54. The number of aromatic amines is 1. The molecule has 1 atom stereocenters. The molecule has 1 aromatic heterocycles. The van der Waals surface area contributed by atoms with Crippen molar-refractivity contribution in [3.05, 3.63) is 51.8 Å². The Morgan fingerprint density at radius 2 is 1.86 bits per heavy atom. The Morgan fingerprint density at radius 3 is 2.33 bits per heavy atom. The summed E-state index contributed by atoms with van der Waals surface area (Å²) in [6.07, 6.45) is 0. The standard InChI is InChI=1S/C16H20ClN3O/c1-9(2)15(12-5-7-13(17)8-6-12)18-16(21)14-10(3)19-20-11(14)4/h5-9,15H,1-4H3,(H,18,21)(H,19,20). The predicted molar refractivity (Wildman–Crippen MR) is 84.6 cm³/mol. The van der Waals surface area contributed by atoms with Crippen molar-refractivity contribution >= 4 is 17.5 Å². The average Bonchev–Trinajstić information content (AvgIpc) is 2.76. The zero-order valence-corrected chi connectivity index (χ0v) is 13.5. The maximum absolute atomic E-state index is 12.5. The van der Waals surface area contributed by atoms with E-state index >= 15 is 0 Å². The lowest BCUT2D eigenvalue weighted by Crippen LogP contribution is -2.32. The van der Waals surface area contributed by atoms with Crippen LogP contribution in [0, 0.1) is 19.8 Å². The fraction of sp³-hybridized carbons (Fsp3) is 0.375. The molecule has 0 saturated heterocycles. The minimum Gasteiger partial charge on any atom is -0.345 e. The van der Waals surface area contributed by atoms with Gasteiger partial charge in [0, 0.05) is 10.7 Å². The van der Waals surface area contributed by atoms with Gasteiger partial charge in [0.1, 0.15) is 0 Å². The zero-order valence-electron chi connectivity index (χ0n) is 12.7. The molecule has 0 fully saturated rings. The molecule has 112 valence electrons. The Hall–Kier alpha value is -1.81. The molecule has 1 heterocycles. The number of aromatic nitrogens is 2. The number of carbonyl (C=O) groups excluding carboxylic acids is 1. The van der Waals surface area contributed by atoms with Crippen LogP contribution in [0.15, 0.2) is 24.3 Å². The molecule has 0 spiro atoms. The van der Waals surface area contributed by atoms with E-state index in [2.05, 4.69) is 29.4 Å². The molecule has 2 rings (SSSR count). The van der Waals surface area contributed by atoms with E-state index in [4.69, 9.17) is 11.6 Å². The first-order chi connectivity index (χ1) is 9.90. The van der Waals surface area contributed by atoms with Crippen LogP contribution in [0.5, 0.6) is 0 Å². The lowest BCUT2D eigenvalue weighted by molar-refractivity contribution is 0.0924. The van der Waals surface area contributed by atoms with Gasteiger partial charge in [0.25, 0.3) is 5.91 Å². The van der Waals surface area contributed by atoms with Crippen molar-refractivity contribution in [3.8, 4) is 0 Å². The molecular formula is C16H20ClN3O. The molecule has 0 aliphatic carbocycles. The fourth-order valence-electron chi connectivity index (χ4n) is 2.40. The lowest BCUT2D eigenvalue weighted by atomic mass is 9.95. The highest BCUT2D eigenvalue weighted by Crippen LogP contribution is 2.24. The number of carbonyl (C=O) groups is 1. The summed E-state index contributed by atoms with van der Waals surface area (Å²) in [5.74, 6) is 0.162. The quantitative estimate of drug-likeness (QED) is 0.902. The van der Waals surface area contributed by atoms with Crippen molar-refractivity contribution in [1.82, 2.24) is 15.5 Å². The monoisotopic (exact) mass is 305 g/mol. The summed E-state index contributed by atoms with van der Waals surface area (Å²) in [5.41, 5.74) is 3.16. The number of nitrogens with zero attached hydrogens (tertiary/aromatic N) is 1. The molecule has 0 radical (unpaired) electrons. The molecule has 0 aliphatic rings. The number of amides is 1. The largest absolute Gasteiger partial charge is 0.345 e. The van der Waals surface area contributed by atoms with E-state index in [0.717, 1.165) is 11.3 Å². The first kappa shape index (κ1) is 15.6. The van der Waals surface area contributed by atoms with Crippen molar-refractivity contribution < 1.29 is 4.79 Å². The van der Waals surface area contributed by atoms with Crippen molar-refractivity contribution in [2.75, 3.05) is 0 Å². The van der Waals surface area contributed by atoms with Crippen LogP contribution in [0.3, 0.4) is 0 Å². The van der Waals surface area contributed by atoms with E-state index in [9.17, 15) is 4.79 Å². The summed E-state index contributed by atoms with van der Waals surface area (Å²) in [5, 5.41) is 10.7. The van der Waals surface area contributed by atoms with E-state index in [-0.39, 0.29) is 17.9 Å². The van der Waals surface area contributed by atoms with Crippen LogP contribution < -0.4 is 5.32 Å². The second kappa shape index (κ2) is 6.31. The van der Waals surface area contributed by atoms with Crippen LogP contribution in [0.25, 0.3) is 0 Å². The third-order valence-corrected chi connectivity index (χ3v) is 3.79. The molecule has 0 aliphatic heterocycles. The predicted octanol–water partition coefficient (Wildman–Crippen LogP) is 3.81. The lowest BCUT2D eigenvalue weighted by Gasteiger charge is -2.23. The number of H-pyrrole nitrogens is 1. The van der Waals surface area contributed by atoms with Crippen molar-refractivity contribution in [3.63, 3.8) is 0 Å². The van der Waals surface area contributed by atoms with Crippen LogP contribution in [0.1, 0.15) is 47.2 Å². The first-order valence-electron chi connectivity index (χ1n) is 6.98. The van der Waals surface area contributed by atoms with E-state index in [1.54, 1.807) is 0 Å². The smallest absolute Gasteiger partial charge is 0.255 e. The number of hydrogen-bond donors (Lipinski definition) is 2. The van der Waals surface area contributed by atoms with Gasteiger partial charge in [-0.3, -0.25) is 9.89 Å². The van der Waals surface area contributed by atoms with Crippen molar-refractivity contribution in [2.24, 2.45) is 5.92 Å². The minimum absolute atomic E-state index is 0.0662. The molecule has 2 N–H and O–H groups in total. The second-order valence-corrected chi connectivity index (χ2v) is 5.99. The average molecular weight is 306 g/mol. The van der Waals surface area contributed by atoms with Gasteiger partial charge in [0.15, 0.2) is 0 Å².